The molecule has 27 heavy (non-hydrogen) atoms. The molecular weight excluding hydrogens is 429 g/mol. The van der Waals surface area contributed by atoms with Crippen molar-refractivity contribution in [2.45, 2.75) is 17.2 Å². The summed E-state index contributed by atoms with van der Waals surface area (Å²) in [6.45, 7) is 3.05. The molecule has 1 fully saturated rings. The summed E-state index contributed by atoms with van der Waals surface area (Å²) in [5.74, 6) is 0. The van der Waals surface area contributed by atoms with E-state index >= 15 is 0 Å². The lowest BCUT2D eigenvalue weighted by Crippen LogP contribution is -2.53. The first-order chi connectivity index (χ1) is 12.8. The van der Waals surface area contributed by atoms with Gasteiger partial charge in [-0.2, -0.15) is 4.31 Å². The highest BCUT2D eigenvalue weighted by Gasteiger charge is 2.31. The Morgan fingerprint density at radius 3 is 2.26 bits per heavy atom. The van der Waals surface area contributed by atoms with Gasteiger partial charge in [-0.15, -0.1) is 11.3 Å². The first-order valence-electron chi connectivity index (χ1n) is 8.34. The number of halogens is 2. The molecule has 1 N–H and O–H groups in total. The van der Waals surface area contributed by atoms with Gasteiger partial charge in [0.05, 0.1) is 10.4 Å². The topological polar surface area (TPSA) is 69.7 Å². The number of hydrogen-bond donors (Lipinski definition) is 1. The number of urea groups is 1. The lowest BCUT2D eigenvalue weighted by Gasteiger charge is -2.34. The van der Waals surface area contributed by atoms with Crippen molar-refractivity contribution in [3.63, 3.8) is 0 Å². The molecule has 10 heteroatoms. The summed E-state index contributed by atoms with van der Waals surface area (Å²) < 4.78 is 27.3. The number of nitrogens with one attached hydrogen (secondary N) is 1. The lowest BCUT2D eigenvalue weighted by molar-refractivity contribution is 0.169. The van der Waals surface area contributed by atoms with E-state index in [1.165, 1.54) is 10.4 Å². The Hall–Kier alpha value is -1.32. The molecule has 1 aliphatic rings. The highest BCUT2D eigenvalue weighted by Crippen LogP contribution is 2.28. The van der Waals surface area contributed by atoms with Gasteiger partial charge in [0.1, 0.15) is 4.21 Å². The summed E-state index contributed by atoms with van der Waals surface area (Å²) in [5, 5.41) is 3.57. The number of hydrogen-bond acceptors (Lipinski definition) is 4. The molecule has 2 aromatic rings. The van der Waals surface area contributed by atoms with Crippen molar-refractivity contribution in [1.82, 2.24) is 14.5 Å². The van der Waals surface area contributed by atoms with E-state index in [4.69, 9.17) is 23.2 Å². The van der Waals surface area contributed by atoms with Gasteiger partial charge in [0.15, 0.2) is 0 Å². The number of benzene rings is 1. The summed E-state index contributed by atoms with van der Waals surface area (Å²) in [7, 11) is -3.56. The van der Waals surface area contributed by atoms with E-state index in [1.54, 1.807) is 23.1 Å². The first kappa shape index (κ1) is 20.4. The standard InChI is InChI=1S/C17H19Cl2N3O3S2/c1-12(13-2-4-14(18)5-3-13)20-17(23)21-8-10-22(11-9-21)27(24,25)16-7-6-15(19)26-16/h2-7,12H,8-11H2,1H3,(H,20,23)/t12-/m1/s1. The van der Waals surface area contributed by atoms with E-state index in [2.05, 4.69) is 5.32 Å². The molecular formula is C17H19Cl2N3O3S2. The van der Waals surface area contributed by atoms with Crippen LogP contribution in [0.15, 0.2) is 40.6 Å². The average Bonchev–Trinajstić information content (AvgIpc) is 3.09. The van der Waals surface area contributed by atoms with Gasteiger partial charge in [-0.05, 0) is 36.8 Å². The number of thiophene rings is 1. The highest BCUT2D eigenvalue weighted by atomic mass is 35.5. The van der Waals surface area contributed by atoms with Crippen molar-refractivity contribution < 1.29 is 13.2 Å². The summed E-state index contributed by atoms with van der Waals surface area (Å²) in [6, 6.07) is 9.97. The predicted molar refractivity (Wildman–Crippen MR) is 108 cm³/mol. The molecule has 0 aliphatic carbocycles. The maximum atomic E-state index is 12.6. The van der Waals surface area contributed by atoms with E-state index in [-0.39, 0.29) is 29.4 Å². The third-order valence-corrected chi connectivity index (χ3v) is 8.23. The van der Waals surface area contributed by atoms with Crippen molar-refractivity contribution in [3.05, 3.63) is 51.3 Å². The molecule has 1 aliphatic heterocycles. The minimum absolute atomic E-state index is 0.176. The molecule has 1 aromatic carbocycles. The van der Waals surface area contributed by atoms with Crippen molar-refractivity contribution >= 4 is 50.6 Å². The van der Waals surface area contributed by atoms with Crippen LogP contribution >= 0.6 is 34.5 Å². The fourth-order valence-corrected chi connectivity index (χ4v) is 5.99. The Morgan fingerprint density at radius 2 is 1.70 bits per heavy atom. The van der Waals surface area contributed by atoms with Gasteiger partial charge in [-0.3, -0.25) is 0 Å². The van der Waals surface area contributed by atoms with Crippen molar-refractivity contribution in [3.8, 4) is 0 Å². The van der Waals surface area contributed by atoms with Gasteiger partial charge in [0.2, 0.25) is 0 Å². The molecule has 0 saturated carbocycles. The van der Waals surface area contributed by atoms with Crippen LogP contribution in [0.3, 0.4) is 0 Å². The van der Waals surface area contributed by atoms with Gasteiger partial charge in [-0.1, -0.05) is 35.3 Å². The summed E-state index contributed by atoms with van der Waals surface area (Å²) >= 11 is 12.8. The van der Waals surface area contributed by atoms with Crippen LogP contribution in [-0.2, 0) is 10.0 Å². The monoisotopic (exact) mass is 447 g/mol. The first-order valence-corrected chi connectivity index (χ1v) is 11.3. The Kier molecular flexibility index (Phi) is 6.32. The summed E-state index contributed by atoms with van der Waals surface area (Å²) in [6.07, 6.45) is 0. The molecule has 0 bridgehead atoms. The van der Waals surface area contributed by atoms with Crippen LogP contribution in [0.2, 0.25) is 9.36 Å². The van der Waals surface area contributed by atoms with Crippen LogP contribution in [0.4, 0.5) is 4.79 Å². The van der Waals surface area contributed by atoms with Gasteiger partial charge in [-0.25, -0.2) is 13.2 Å². The third-order valence-electron chi connectivity index (χ3n) is 4.38. The van der Waals surface area contributed by atoms with Gasteiger partial charge >= 0.3 is 6.03 Å². The number of sulfonamides is 1. The Labute approximate surface area is 172 Å². The second-order valence-electron chi connectivity index (χ2n) is 6.17. The van der Waals surface area contributed by atoms with E-state index in [0.29, 0.717) is 22.4 Å². The normalized spacial score (nSPS) is 16.9. The number of rotatable bonds is 4. The number of carbonyl (C=O) groups excluding carboxylic acids is 1. The minimum atomic E-state index is -3.56. The smallest absolute Gasteiger partial charge is 0.317 e. The van der Waals surface area contributed by atoms with Crippen LogP contribution in [0, 0.1) is 0 Å². The predicted octanol–water partition coefficient (Wildman–Crippen LogP) is 3.83. The number of amides is 2. The second-order valence-corrected chi connectivity index (χ2v) is 10.5. The number of piperazine rings is 1. The second kappa shape index (κ2) is 8.36. The molecule has 0 spiro atoms. The zero-order valence-electron chi connectivity index (χ0n) is 14.6. The quantitative estimate of drug-likeness (QED) is 0.773. The Morgan fingerprint density at radius 1 is 1.07 bits per heavy atom. The lowest BCUT2D eigenvalue weighted by atomic mass is 10.1. The van der Waals surface area contributed by atoms with E-state index in [1.807, 2.05) is 19.1 Å². The fraction of sp³-hybridized carbons (Fsp3) is 0.353. The molecule has 146 valence electrons. The van der Waals surface area contributed by atoms with Crippen molar-refractivity contribution in [1.29, 1.82) is 0 Å². The Bertz CT molecular complexity index is 908. The van der Waals surface area contributed by atoms with E-state index in [9.17, 15) is 13.2 Å². The summed E-state index contributed by atoms with van der Waals surface area (Å²) in [4.78, 5) is 14.1. The fourth-order valence-electron chi connectivity index (χ4n) is 2.81. The molecule has 0 unspecified atom stereocenters. The highest BCUT2D eigenvalue weighted by molar-refractivity contribution is 7.91. The van der Waals surface area contributed by atoms with E-state index < -0.39 is 10.0 Å². The third kappa shape index (κ3) is 4.75. The van der Waals surface area contributed by atoms with Gasteiger partial charge < -0.3 is 10.2 Å². The van der Waals surface area contributed by atoms with Gasteiger partial charge in [0.25, 0.3) is 10.0 Å². The maximum absolute atomic E-state index is 12.6. The number of nitrogens with zero attached hydrogens (tertiary/aromatic N) is 2. The SMILES string of the molecule is C[C@@H](NC(=O)N1CCN(S(=O)(=O)c2ccc(Cl)s2)CC1)c1ccc(Cl)cc1. The molecule has 1 saturated heterocycles. The molecule has 2 amide bonds. The van der Waals surface area contributed by atoms with Crippen molar-refractivity contribution in [2.24, 2.45) is 0 Å². The average molecular weight is 448 g/mol. The van der Waals surface area contributed by atoms with Crippen LogP contribution in [-0.4, -0.2) is 49.8 Å². The van der Waals surface area contributed by atoms with Gasteiger partial charge in [0, 0.05) is 31.2 Å². The molecule has 6 nitrogen and oxygen atoms in total. The van der Waals surface area contributed by atoms with Crippen LogP contribution in [0.1, 0.15) is 18.5 Å². The molecule has 1 aromatic heterocycles. The maximum Gasteiger partial charge on any atom is 0.317 e. The van der Waals surface area contributed by atoms with E-state index in [0.717, 1.165) is 16.9 Å². The minimum Gasteiger partial charge on any atom is -0.331 e. The summed E-state index contributed by atoms with van der Waals surface area (Å²) in [5.41, 5.74) is 0.948. The van der Waals surface area contributed by atoms with Crippen LogP contribution in [0.5, 0.6) is 0 Å². The molecule has 0 radical (unpaired) electrons. The Balaban J connectivity index is 1.57. The van der Waals surface area contributed by atoms with Crippen LogP contribution < -0.4 is 5.32 Å². The van der Waals surface area contributed by atoms with Crippen LogP contribution in [0.25, 0.3) is 0 Å². The molecule has 3 rings (SSSR count). The molecule has 1 atom stereocenters. The molecule has 2 heterocycles. The van der Waals surface area contributed by atoms with Crippen molar-refractivity contribution in [2.75, 3.05) is 26.2 Å². The zero-order chi connectivity index (χ0) is 19.6. The zero-order valence-corrected chi connectivity index (χ0v) is 17.7. The largest absolute Gasteiger partial charge is 0.331 e. The number of carbonyl (C=O) groups is 1.